The topological polar surface area (TPSA) is 3.24 Å². The van der Waals surface area contributed by atoms with E-state index in [1.54, 1.807) is 0 Å². The summed E-state index contributed by atoms with van der Waals surface area (Å²) in [6.07, 6.45) is 0. The molecule has 10 aromatic rings. The Morgan fingerprint density at radius 1 is 0.362 bits per heavy atom. The molecule has 0 fully saturated rings. The van der Waals surface area contributed by atoms with Crippen LogP contribution in [-0.2, 0) is 5.41 Å². The van der Waals surface area contributed by atoms with Gasteiger partial charge in [0.15, 0.2) is 0 Å². The average Bonchev–Trinajstić information content (AvgIpc) is 3.55. The van der Waals surface area contributed by atoms with Crippen LogP contribution in [0, 0.1) is 0 Å². The maximum absolute atomic E-state index is 9.67. The van der Waals surface area contributed by atoms with E-state index in [9.17, 15) is 5.48 Å². The summed E-state index contributed by atoms with van der Waals surface area (Å²) in [6.45, 7) is 4.59. The van der Waals surface area contributed by atoms with Crippen molar-refractivity contribution in [3.8, 4) is 44.5 Å². The molecule has 58 heavy (non-hydrogen) atoms. The van der Waals surface area contributed by atoms with E-state index in [0.717, 1.165) is 65.9 Å². The van der Waals surface area contributed by atoms with Crippen molar-refractivity contribution >= 4 is 49.4 Å². The molecule has 1 aliphatic rings. The van der Waals surface area contributed by atoms with Gasteiger partial charge in [0.05, 0.1) is 5.48 Å². The van der Waals surface area contributed by atoms with Gasteiger partial charge in [0.25, 0.3) is 0 Å². The Kier molecular flexibility index (Phi) is 6.96. The fourth-order valence-electron chi connectivity index (χ4n) is 9.21. The van der Waals surface area contributed by atoms with Crippen molar-refractivity contribution < 1.29 is 5.48 Å². The molecule has 274 valence electrons. The first-order valence-electron chi connectivity index (χ1n) is 21.9. The second-order valence-corrected chi connectivity index (χ2v) is 15.8. The first-order valence-corrected chi connectivity index (χ1v) is 19.9. The number of anilines is 3. The summed E-state index contributed by atoms with van der Waals surface area (Å²) in [5.74, 6) is 0. The van der Waals surface area contributed by atoms with Gasteiger partial charge in [-0.3, -0.25) is 0 Å². The number of nitrogens with zero attached hydrogens (tertiary/aromatic N) is 1. The minimum absolute atomic E-state index is 0.0879. The summed E-state index contributed by atoms with van der Waals surface area (Å²) in [4.78, 5) is 1.89. The fourth-order valence-corrected chi connectivity index (χ4v) is 9.21. The molecule has 0 saturated heterocycles. The fraction of sp³-hybridized carbons (Fsp3) is 0.0526. The van der Waals surface area contributed by atoms with Gasteiger partial charge >= 0.3 is 0 Å². The first-order chi connectivity index (χ1) is 30.2. The largest absolute Gasteiger partial charge is 0.310 e. The number of hydrogen-bond donors (Lipinski definition) is 0. The van der Waals surface area contributed by atoms with Crippen molar-refractivity contribution in [2.45, 2.75) is 19.3 Å². The van der Waals surface area contributed by atoms with Gasteiger partial charge in [0, 0.05) is 22.5 Å². The Morgan fingerprint density at radius 3 is 1.81 bits per heavy atom. The van der Waals surface area contributed by atoms with Crippen LogP contribution in [0.3, 0.4) is 0 Å². The lowest BCUT2D eigenvalue weighted by atomic mass is 9.79. The van der Waals surface area contributed by atoms with Crippen molar-refractivity contribution in [2.75, 3.05) is 4.90 Å². The summed E-state index contributed by atoms with van der Waals surface area (Å²) < 4.78 is 38.4. The van der Waals surface area contributed by atoms with Crippen LogP contribution in [0.4, 0.5) is 17.1 Å². The molecule has 1 aliphatic carbocycles. The molecule has 1 heteroatoms. The molecular formula is C57H41N. The zero-order valence-electron chi connectivity index (χ0n) is 36.3. The predicted molar refractivity (Wildman–Crippen MR) is 248 cm³/mol. The Balaban J connectivity index is 1.07. The van der Waals surface area contributed by atoms with Gasteiger partial charge in [-0.15, -0.1) is 0 Å². The number of benzene rings is 10. The minimum Gasteiger partial charge on any atom is -0.310 e. The Hall–Kier alpha value is -7.22. The second kappa shape index (κ2) is 13.5. The van der Waals surface area contributed by atoms with Crippen molar-refractivity contribution in [1.82, 2.24) is 0 Å². The van der Waals surface area contributed by atoms with Crippen molar-refractivity contribution in [2.24, 2.45) is 0 Å². The summed E-state index contributed by atoms with van der Waals surface area (Å²) in [6, 6.07) is 64.3. The molecule has 11 rings (SSSR count). The van der Waals surface area contributed by atoms with Crippen LogP contribution in [0.1, 0.15) is 30.5 Å². The average molecular weight is 744 g/mol. The molecule has 0 saturated carbocycles. The van der Waals surface area contributed by atoms with Gasteiger partial charge in [-0.25, -0.2) is 0 Å². The van der Waals surface area contributed by atoms with E-state index in [1.807, 2.05) is 71.6 Å². The highest BCUT2D eigenvalue weighted by atomic mass is 15.1. The third-order valence-corrected chi connectivity index (χ3v) is 12.1. The predicted octanol–water partition coefficient (Wildman–Crippen LogP) is 15.9. The SMILES string of the molecule is [2H]c1c([2H])c(N(c2ccc(-c3cccc4c3C(C)(C)c3ccccc3-4)cc2)c2cccc(-c3ccc4ccccc4c3)c2)c([2H])c([2H])c1-c1ccc2c(ccc3ccccc32)c1. The lowest BCUT2D eigenvalue weighted by Crippen LogP contribution is -2.16. The van der Waals surface area contributed by atoms with Gasteiger partial charge < -0.3 is 4.90 Å². The summed E-state index contributed by atoms with van der Waals surface area (Å²) in [5.41, 5.74) is 11.8. The molecule has 0 radical (unpaired) electrons. The monoisotopic (exact) mass is 743 g/mol. The summed E-state index contributed by atoms with van der Waals surface area (Å²) in [5, 5.41) is 6.62. The quantitative estimate of drug-likeness (QED) is 0.153. The second-order valence-electron chi connectivity index (χ2n) is 15.8. The third kappa shape index (κ3) is 5.62. The molecular weight excluding hydrogens is 699 g/mol. The molecule has 0 unspecified atom stereocenters. The number of rotatable bonds is 6. The van der Waals surface area contributed by atoms with Gasteiger partial charge in [-0.1, -0.05) is 178 Å². The highest BCUT2D eigenvalue weighted by Crippen LogP contribution is 2.52. The molecule has 0 aromatic heterocycles. The Morgan fingerprint density at radius 2 is 0.948 bits per heavy atom. The van der Waals surface area contributed by atoms with E-state index >= 15 is 0 Å². The van der Waals surface area contributed by atoms with E-state index < -0.39 is 0 Å². The van der Waals surface area contributed by atoms with Gasteiger partial charge in [0.1, 0.15) is 0 Å². The van der Waals surface area contributed by atoms with E-state index in [2.05, 4.69) is 135 Å². The van der Waals surface area contributed by atoms with Crippen molar-refractivity contribution in [3.05, 3.63) is 223 Å². The first kappa shape index (κ1) is 30.0. The lowest BCUT2D eigenvalue weighted by Gasteiger charge is -2.27. The molecule has 10 aromatic carbocycles. The highest BCUT2D eigenvalue weighted by molar-refractivity contribution is 6.08. The van der Waals surface area contributed by atoms with E-state index in [4.69, 9.17) is 0 Å². The van der Waals surface area contributed by atoms with Crippen molar-refractivity contribution in [1.29, 1.82) is 0 Å². The van der Waals surface area contributed by atoms with Crippen molar-refractivity contribution in [3.63, 3.8) is 0 Å². The molecule has 0 heterocycles. The molecule has 0 bridgehead atoms. The normalized spacial score (nSPS) is 13.8. The molecule has 0 amide bonds. The standard InChI is InChI=1S/C57H41N/c1-57(2)55-20-8-7-17-53(55)54-19-10-18-52(56(54)57)41-27-32-48(33-28-41)58(49-15-9-14-43(37-49)45-23-21-38-11-3-4-13-42(38)35-45)47-30-25-39(26-31-47)44-29-34-51-46(36-44)24-22-40-12-5-6-16-50(40)51/h3-37H,1-2H3/i25D,26D,30D,31D. The van der Waals surface area contributed by atoms with Gasteiger partial charge in [-0.05, 0) is 136 Å². The van der Waals surface area contributed by atoms with E-state index in [-0.39, 0.29) is 40.8 Å². The summed E-state index contributed by atoms with van der Waals surface area (Å²) in [7, 11) is 0. The molecule has 0 spiro atoms. The smallest absolute Gasteiger partial charge is 0.0645 e. The van der Waals surface area contributed by atoms with E-state index in [1.165, 1.54) is 22.3 Å². The van der Waals surface area contributed by atoms with Crippen LogP contribution >= 0.6 is 0 Å². The maximum atomic E-state index is 9.67. The highest BCUT2D eigenvalue weighted by Gasteiger charge is 2.37. The van der Waals surface area contributed by atoms with Crippen LogP contribution in [0.5, 0.6) is 0 Å². The zero-order chi connectivity index (χ0) is 42.3. The van der Waals surface area contributed by atoms with E-state index in [0.29, 0.717) is 5.56 Å². The van der Waals surface area contributed by atoms with Crippen LogP contribution < -0.4 is 4.90 Å². The van der Waals surface area contributed by atoms with Gasteiger partial charge in [-0.2, -0.15) is 0 Å². The molecule has 0 atom stereocenters. The van der Waals surface area contributed by atoms with Crippen LogP contribution in [0.2, 0.25) is 0 Å². The number of fused-ring (bicyclic) bond motifs is 7. The third-order valence-electron chi connectivity index (χ3n) is 12.1. The van der Waals surface area contributed by atoms with Crippen LogP contribution in [0.15, 0.2) is 212 Å². The summed E-state index contributed by atoms with van der Waals surface area (Å²) >= 11 is 0. The Labute approximate surface area is 345 Å². The van der Waals surface area contributed by atoms with Crippen LogP contribution in [-0.4, -0.2) is 0 Å². The maximum Gasteiger partial charge on any atom is 0.0645 e. The minimum atomic E-state index is -0.188. The lowest BCUT2D eigenvalue weighted by molar-refractivity contribution is 0.662. The number of hydrogen-bond acceptors (Lipinski definition) is 1. The molecule has 0 aliphatic heterocycles. The van der Waals surface area contributed by atoms with Gasteiger partial charge in [0.2, 0.25) is 0 Å². The van der Waals surface area contributed by atoms with Crippen LogP contribution in [0.25, 0.3) is 76.8 Å². The molecule has 0 N–H and O–H groups in total. The Bertz CT molecular complexity index is 3410. The zero-order valence-corrected chi connectivity index (χ0v) is 32.3. The molecule has 1 nitrogen and oxygen atoms in total.